The summed E-state index contributed by atoms with van der Waals surface area (Å²) in [4.78, 5) is 40.5. The number of aryl methyl sites for hydroxylation is 1. The van der Waals surface area contributed by atoms with Crippen LogP contribution in [0.3, 0.4) is 0 Å². The van der Waals surface area contributed by atoms with Crippen LogP contribution in [0.1, 0.15) is 50.5 Å². The topological polar surface area (TPSA) is 114 Å². The lowest BCUT2D eigenvalue weighted by Crippen LogP contribution is -2.55. The number of likely N-dealkylation sites (tertiary alicyclic amines) is 1. The zero-order valence-electron chi connectivity index (χ0n) is 16.2. The minimum absolute atomic E-state index is 0.353. The minimum atomic E-state index is -0.957. The Morgan fingerprint density at radius 3 is 2.82 bits per heavy atom. The van der Waals surface area contributed by atoms with E-state index in [1.165, 1.54) is 16.2 Å². The van der Waals surface area contributed by atoms with Gasteiger partial charge in [-0.2, -0.15) is 0 Å². The van der Waals surface area contributed by atoms with Crippen molar-refractivity contribution in [1.82, 2.24) is 19.9 Å². The van der Waals surface area contributed by atoms with Crippen molar-refractivity contribution in [3.05, 3.63) is 23.8 Å². The van der Waals surface area contributed by atoms with Crippen LogP contribution in [0.5, 0.6) is 0 Å². The molecule has 1 saturated heterocycles. The monoisotopic (exact) mass is 400 g/mol. The highest BCUT2D eigenvalue weighted by molar-refractivity contribution is 7.19. The Morgan fingerprint density at radius 2 is 2.14 bits per heavy atom. The largest absolute Gasteiger partial charge is 0.368 e. The van der Waals surface area contributed by atoms with Crippen LogP contribution in [0.2, 0.25) is 0 Å². The van der Waals surface area contributed by atoms with Crippen molar-refractivity contribution >= 4 is 28.4 Å². The number of amides is 3. The predicted octanol–water partition coefficient (Wildman–Crippen LogP) is 2.90. The molecule has 1 saturated carbocycles. The van der Waals surface area contributed by atoms with Crippen molar-refractivity contribution in [3.63, 3.8) is 0 Å². The van der Waals surface area contributed by atoms with E-state index >= 15 is 0 Å². The number of nitrogens with two attached hydrogens (primary N) is 1. The first kappa shape index (κ1) is 18.8. The highest BCUT2D eigenvalue weighted by atomic mass is 32.1. The van der Waals surface area contributed by atoms with Crippen molar-refractivity contribution in [2.45, 2.75) is 51.5 Å². The van der Waals surface area contributed by atoms with Crippen LogP contribution in [-0.2, 0) is 4.79 Å². The molecule has 2 aliphatic rings. The van der Waals surface area contributed by atoms with Gasteiger partial charge in [-0.15, -0.1) is 0 Å². The molecule has 148 valence electrons. The lowest BCUT2D eigenvalue weighted by molar-refractivity contribution is -0.126. The van der Waals surface area contributed by atoms with Crippen molar-refractivity contribution in [1.29, 1.82) is 0 Å². The van der Waals surface area contributed by atoms with E-state index in [1.54, 1.807) is 13.1 Å². The van der Waals surface area contributed by atoms with Crippen LogP contribution >= 0.6 is 11.3 Å². The SMILES string of the molecule is Cc1nc(NC(=O)N2CCC[C@@]2(C)C(N)=O)sc1-c1ccnc([C@@H]2C[C@@H]2C)n1. The van der Waals surface area contributed by atoms with Crippen LogP contribution in [0.4, 0.5) is 9.93 Å². The number of carbonyl (C=O) groups is 2. The van der Waals surface area contributed by atoms with Crippen LogP contribution in [0.15, 0.2) is 12.3 Å². The first-order valence-electron chi connectivity index (χ1n) is 9.49. The highest BCUT2D eigenvalue weighted by Crippen LogP contribution is 2.45. The zero-order valence-corrected chi connectivity index (χ0v) is 17.0. The number of hydrogen-bond acceptors (Lipinski definition) is 6. The first-order valence-corrected chi connectivity index (χ1v) is 10.3. The van der Waals surface area contributed by atoms with Gasteiger partial charge in [0.15, 0.2) is 5.13 Å². The average Bonchev–Trinajstić information content (AvgIpc) is 3.07. The van der Waals surface area contributed by atoms with Gasteiger partial charge in [0.1, 0.15) is 11.4 Å². The van der Waals surface area contributed by atoms with E-state index in [1.807, 2.05) is 13.0 Å². The van der Waals surface area contributed by atoms with E-state index in [0.29, 0.717) is 29.9 Å². The second-order valence-corrected chi connectivity index (χ2v) is 8.88. The van der Waals surface area contributed by atoms with Crippen LogP contribution in [0.25, 0.3) is 10.6 Å². The molecular weight excluding hydrogens is 376 g/mol. The first-order chi connectivity index (χ1) is 13.3. The minimum Gasteiger partial charge on any atom is -0.368 e. The van der Waals surface area contributed by atoms with E-state index in [2.05, 4.69) is 22.2 Å². The third kappa shape index (κ3) is 3.23. The number of urea groups is 1. The molecule has 3 atom stereocenters. The Bertz CT molecular complexity index is 944. The van der Waals surface area contributed by atoms with Gasteiger partial charge in [-0.3, -0.25) is 10.1 Å². The smallest absolute Gasteiger partial charge is 0.324 e. The summed E-state index contributed by atoms with van der Waals surface area (Å²) in [6, 6.07) is 1.52. The molecule has 1 aliphatic carbocycles. The molecule has 0 radical (unpaired) electrons. The maximum Gasteiger partial charge on any atom is 0.324 e. The van der Waals surface area contributed by atoms with Gasteiger partial charge in [-0.1, -0.05) is 18.3 Å². The molecule has 3 N–H and O–H groups in total. The zero-order chi connectivity index (χ0) is 20.1. The van der Waals surface area contributed by atoms with Crippen molar-refractivity contribution in [3.8, 4) is 10.6 Å². The number of rotatable bonds is 4. The average molecular weight is 401 g/mol. The van der Waals surface area contributed by atoms with E-state index in [-0.39, 0.29) is 6.03 Å². The Hall–Kier alpha value is -2.55. The van der Waals surface area contributed by atoms with Crippen molar-refractivity contribution in [2.24, 2.45) is 11.7 Å². The second kappa shape index (κ2) is 6.80. The summed E-state index contributed by atoms with van der Waals surface area (Å²) in [6.07, 6.45) is 4.23. The molecular formula is C19H24N6O2S. The highest BCUT2D eigenvalue weighted by Gasteiger charge is 2.44. The Morgan fingerprint density at radius 1 is 1.39 bits per heavy atom. The number of anilines is 1. The Balaban J connectivity index is 1.54. The summed E-state index contributed by atoms with van der Waals surface area (Å²) < 4.78 is 0. The molecule has 2 aromatic heterocycles. The predicted molar refractivity (Wildman–Crippen MR) is 107 cm³/mol. The molecule has 3 heterocycles. The van der Waals surface area contributed by atoms with Gasteiger partial charge in [-0.05, 0) is 45.1 Å². The fourth-order valence-corrected chi connectivity index (χ4v) is 4.68. The van der Waals surface area contributed by atoms with E-state index < -0.39 is 11.4 Å². The van der Waals surface area contributed by atoms with Crippen LogP contribution in [0, 0.1) is 12.8 Å². The molecule has 8 nitrogen and oxygen atoms in total. The maximum atomic E-state index is 12.7. The van der Waals surface area contributed by atoms with E-state index in [9.17, 15) is 9.59 Å². The van der Waals surface area contributed by atoms with Crippen LogP contribution in [-0.4, -0.2) is 43.9 Å². The number of carbonyl (C=O) groups excluding carboxylic acids is 2. The molecule has 3 amide bonds. The number of nitrogens with one attached hydrogen (secondary N) is 1. The van der Waals surface area contributed by atoms with Gasteiger partial charge in [-0.25, -0.2) is 19.7 Å². The number of hydrogen-bond donors (Lipinski definition) is 2. The summed E-state index contributed by atoms with van der Waals surface area (Å²) >= 11 is 1.37. The van der Waals surface area contributed by atoms with Gasteiger partial charge >= 0.3 is 6.03 Å². The summed E-state index contributed by atoms with van der Waals surface area (Å²) in [6.45, 7) is 6.30. The van der Waals surface area contributed by atoms with Crippen molar-refractivity contribution < 1.29 is 9.59 Å². The van der Waals surface area contributed by atoms with Gasteiger partial charge in [0.2, 0.25) is 5.91 Å². The van der Waals surface area contributed by atoms with Gasteiger partial charge < -0.3 is 10.6 Å². The Kier molecular flexibility index (Phi) is 4.57. The summed E-state index contributed by atoms with van der Waals surface area (Å²) in [5.74, 6) is 1.46. The molecule has 0 unspecified atom stereocenters. The van der Waals surface area contributed by atoms with E-state index in [4.69, 9.17) is 10.7 Å². The fraction of sp³-hybridized carbons (Fsp3) is 0.526. The molecule has 0 spiro atoms. The lowest BCUT2D eigenvalue weighted by Gasteiger charge is -2.31. The maximum absolute atomic E-state index is 12.7. The third-order valence-electron chi connectivity index (χ3n) is 5.78. The molecule has 28 heavy (non-hydrogen) atoms. The summed E-state index contributed by atoms with van der Waals surface area (Å²) in [7, 11) is 0. The van der Waals surface area contributed by atoms with Gasteiger partial charge in [0, 0.05) is 18.7 Å². The van der Waals surface area contributed by atoms with E-state index in [0.717, 1.165) is 34.9 Å². The standard InChI is InChI=1S/C19H24N6O2S/c1-10-9-12(10)15-21-7-5-13(23-15)14-11(2)22-17(28-14)24-18(27)25-8-4-6-19(25,3)16(20)26/h5,7,10,12H,4,6,8-9H2,1-3H3,(H2,20,26)(H,22,24,27)/t10-,12+,19-/m0/s1. The van der Waals surface area contributed by atoms with Gasteiger partial charge in [0.05, 0.1) is 16.3 Å². The molecule has 9 heteroatoms. The summed E-state index contributed by atoms with van der Waals surface area (Å²) in [5, 5.41) is 3.31. The van der Waals surface area contributed by atoms with Crippen molar-refractivity contribution in [2.75, 3.05) is 11.9 Å². The molecule has 0 aromatic carbocycles. The fourth-order valence-electron chi connectivity index (χ4n) is 3.75. The van der Waals surface area contributed by atoms with Crippen LogP contribution < -0.4 is 11.1 Å². The molecule has 4 rings (SSSR count). The molecule has 2 aromatic rings. The number of aromatic nitrogens is 3. The summed E-state index contributed by atoms with van der Waals surface area (Å²) in [5.41, 5.74) is 6.19. The molecule has 0 bridgehead atoms. The van der Waals surface area contributed by atoms with Gasteiger partial charge in [0.25, 0.3) is 0 Å². The molecule has 2 fully saturated rings. The number of primary amides is 1. The number of thiazole rings is 1. The quantitative estimate of drug-likeness (QED) is 0.819. The second-order valence-electron chi connectivity index (χ2n) is 7.88. The lowest BCUT2D eigenvalue weighted by atomic mass is 9.98. The third-order valence-corrected chi connectivity index (χ3v) is 6.87. The number of nitrogens with zero attached hydrogens (tertiary/aromatic N) is 4. The Labute approximate surface area is 167 Å². The molecule has 1 aliphatic heterocycles. The normalized spacial score (nSPS) is 26.3.